The van der Waals surface area contributed by atoms with E-state index in [-0.39, 0.29) is 17.3 Å². The van der Waals surface area contributed by atoms with Crippen molar-refractivity contribution in [1.29, 1.82) is 0 Å². The molecular weight excluding hydrogens is 301 g/mol. The van der Waals surface area contributed by atoms with Gasteiger partial charge in [-0.1, -0.05) is 11.3 Å². The summed E-state index contributed by atoms with van der Waals surface area (Å²) < 4.78 is 18.9. The lowest BCUT2D eigenvalue weighted by atomic mass is 10.3. The van der Waals surface area contributed by atoms with E-state index in [1.807, 2.05) is 0 Å². The normalized spacial score (nSPS) is 20.3. The van der Waals surface area contributed by atoms with Crippen LogP contribution < -0.4 is 10.1 Å². The quantitative estimate of drug-likeness (QED) is 0.689. The highest BCUT2D eigenvalue weighted by atomic mass is 32.1. The Morgan fingerprint density at radius 1 is 1.62 bits per heavy atom. The Kier molecular flexibility index (Phi) is 3.20. The fourth-order valence-electron chi connectivity index (χ4n) is 2.07. The van der Waals surface area contributed by atoms with Crippen molar-refractivity contribution in [3.63, 3.8) is 0 Å². The molecule has 1 aliphatic carbocycles. The minimum absolute atomic E-state index is 0.238. The van der Waals surface area contributed by atoms with Gasteiger partial charge in [-0.2, -0.15) is 0 Å². The topological polar surface area (TPSA) is 94.4 Å². The summed E-state index contributed by atoms with van der Waals surface area (Å²) in [5.74, 6) is -1.24. The lowest BCUT2D eigenvalue weighted by molar-refractivity contribution is -0.497. The maximum Gasteiger partial charge on any atom is 0.236 e. The van der Waals surface area contributed by atoms with Crippen molar-refractivity contribution in [2.45, 2.75) is 12.5 Å². The van der Waals surface area contributed by atoms with Gasteiger partial charge in [0.1, 0.15) is 23.0 Å². The van der Waals surface area contributed by atoms with Gasteiger partial charge in [0.05, 0.1) is 11.8 Å². The number of aromatic nitrogens is 1. The van der Waals surface area contributed by atoms with Gasteiger partial charge in [0.25, 0.3) is 0 Å². The van der Waals surface area contributed by atoms with Crippen LogP contribution in [0.2, 0.25) is 0 Å². The molecule has 9 heteroatoms. The van der Waals surface area contributed by atoms with Gasteiger partial charge >= 0.3 is 0 Å². The molecule has 0 radical (unpaired) electrons. The second-order valence-electron chi connectivity index (χ2n) is 4.66. The van der Waals surface area contributed by atoms with Gasteiger partial charge in [0, 0.05) is 17.4 Å². The monoisotopic (exact) mass is 311 g/mol. The summed E-state index contributed by atoms with van der Waals surface area (Å²) in [6.45, 7) is 0. The van der Waals surface area contributed by atoms with Crippen molar-refractivity contribution >= 4 is 32.6 Å². The van der Waals surface area contributed by atoms with E-state index in [4.69, 9.17) is 4.74 Å². The van der Waals surface area contributed by atoms with Crippen molar-refractivity contribution in [1.82, 2.24) is 4.98 Å². The SMILES string of the molecule is COc1cc(F)cc2sc(NC(=O)[C@@H]3C[C@H]3[N+](=O)[O-])nc12. The van der Waals surface area contributed by atoms with E-state index >= 15 is 0 Å². The molecule has 1 aliphatic rings. The first kappa shape index (κ1) is 13.7. The van der Waals surface area contributed by atoms with E-state index in [1.165, 1.54) is 19.2 Å². The molecule has 1 aromatic heterocycles. The number of anilines is 1. The number of fused-ring (bicyclic) bond motifs is 1. The standard InChI is InChI=1S/C12H10FN3O4S/c1-20-8-2-5(13)3-9-10(8)14-12(21-9)15-11(17)6-4-7(6)16(18)19/h2-3,6-7H,4H2,1H3,(H,14,15,17)/t6-,7-/m1/s1. The molecule has 21 heavy (non-hydrogen) atoms. The van der Waals surface area contributed by atoms with Crippen molar-refractivity contribution < 1.29 is 18.8 Å². The molecule has 0 unspecified atom stereocenters. The predicted octanol–water partition coefficient (Wildman–Crippen LogP) is 2.05. The fraction of sp³-hybridized carbons (Fsp3) is 0.333. The first-order valence-corrected chi connectivity index (χ1v) is 6.89. The fourth-order valence-corrected chi connectivity index (χ4v) is 2.98. The first-order valence-electron chi connectivity index (χ1n) is 6.08. The third kappa shape index (κ3) is 2.51. The molecule has 1 N–H and O–H groups in total. The number of amides is 1. The lowest BCUT2D eigenvalue weighted by Crippen LogP contribution is -2.18. The Balaban J connectivity index is 1.82. The number of carbonyl (C=O) groups is 1. The molecule has 0 saturated heterocycles. The Hall–Kier alpha value is -2.29. The average Bonchev–Trinajstić information content (AvgIpc) is 3.14. The molecule has 1 heterocycles. The largest absolute Gasteiger partial charge is 0.494 e. The summed E-state index contributed by atoms with van der Waals surface area (Å²) in [6, 6.07) is 1.69. The number of hydrogen-bond acceptors (Lipinski definition) is 6. The van der Waals surface area contributed by atoms with Gasteiger partial charge in [-0.25, -0.2) is 9.37 Å². The van der Waals surface area contributed by atoms with Crippen molar-refractivity contribution in [3.8, 4) is 5.75 Å². The molecular formula is C12H10FN3O4S. The zero-order valence-electron chi connectivity index (χ0n) is 10.8. The minimum atomic E-state index is -0.814. The van der Waals surface area contributed by atoms with E-state index in [1.54, 1.807) is 0 Å². The highest BCUT2D eigenvalue weighted by Crippen LogP contribution is 2.36. The number of ether oxygens (including phenoxy) is 1. The molecule has 0 aliphatic heterocycles. The molecule has 7 nitrogen and oxygen atoms in total. The summed E-state index contributed by atoms with van der Waals surface area (Å²) in [6.07, 6.45) is 0.238. The number of benzene rings is 1. The Morgan fingerprint density at radius 3 is 3.00 bits per heavy atom. The smallest absolute Gasteiger partial charge is 0.236 e. The molecule has 1 fully saturated rings. The Bertz CT molecular complexity index is 747. The zero-order chi connectivity index (χ0) is 15.1. The number of methoxy groups -OCH3 is 1. The number of nitrogens with zero attached hydrogens (tertiary/aromatic N) is 2. The predicted molar refractivity (Wildman–Crippen MR) is 73.6 cm³/mol. The van der Waals surface area contributed by atoms with E-state index < -0.39 is 28.6 Å². The van der Waals surface area contributed by atoms with Crippen LogP contribution in [-0.2, 0) is 4.79 Å². The van der Waals surface area contributed by atoms with Gasteiger partial charge in [-0.05, 0) is 6.07 Å². The van der Waals surface area contributed by atoms with E-state index in [9.17, 15) is 19.3 Å². The van der Waals surface area contributed by atoms with Gasteiger partial charge < -0.3 is 10.1 Å². The van der Waals surface area contributed by atoms with Gasteiger partial charge in [0.15, 0.2) is 5.13 Å². The summed E-state index contributed by atoms with van der Waals surface area (Å²) in [5.41, 5.74) is 0.445. The van der Waals surface area contributed by atoms with Crippen molar-refractivity contribution in [3.05, 3.63) is 28.1 Å². The van der Waals surface area contributed by atoms with Crippen LogP contribution >= 0.6 is 11.3 Å². The number of nitrogens with one attached hydrogen (secondary N) is 1. The third-order valence-corrected chi connectivity index (χ3v) is 4.16. The molecule has 2 aromatic rings. The van der Waals surface area contributed by atoms with Crippen LogP contribution in [0.4, 0.5) is 9.52 Å². The van der Waals surface area contributed by atoms with Gasteiger partial charge in [0.2, 0.25) is 11.9 Å². The second-order valence-corrected chi connectivity index (χ2v) is 5.69. The number of thiazole rings is 1. The maximum absolute atomic E-state index is 13.4. The van der Waals surface area contributed by atoms with Crippen LogP contribution in [0.1, 0.15) is 6.42 Å². The minimum Gasteiger partial charge on any atom is -0.494 e. The molecule has 0 bridgehead atoms. The Labute approximate surface area is 121 Å². The number of carbonyl (C=O) groups excluding carboxylic acids is 1. The highest BCUT2D eigenvalue weighted by Gasteiger charge is 2.53. The van der Waals surface area contributed by atoms with Gasteiger partial charge in [-0.3, -0.25) is 14.9 Å². The number of rotatable bonds is 4. The number of hydrogen-bond donors (Lipinski definition) is 1. The second kappa shape index (κ2) is 4.92. The summed E-state index contributed by atoms with van der Waals surface area (Å²) in [5, 5.41) is 13.4. The lowest BCUT2D eigenvalue weighted by Gasteiger charge is -1.99. The summed E-state index contributed by atoms with van der Waals surface area (Å²) in [4.78, 5) is 26.1. The van der Waals surface area contributed by atoms with Crippen LogP contribution in [-0.4, -0.2) is 29.0 Å². The third-order valence-electron chi connectivity index (χ3n) is 3.24. The van der Waals surface area contributed by atoms with Crippen LogP contribution in [0.5, 0.6) is 5.75 Å². The molecule has 110 valence electrons. The molecule has 1 amide bonds. The number of nitro groups is 1. The summed E-state index contributed by atoms with van der Waals surface area (Å²) >= 11 is 1.09. The molecule has 3 rings (SSSR count). The zero-order valence-corrected chi connectivity index (χ0v) is 11.6. The molecule has 0 spiro atoms. The van der Waals surface area contributed by atoms with E-state index in [0.29, 0.717) is 10.2 Å². The van der Waals surface area contributed by atoms with Gasteiger partial charge in [-0.15, -0.1) is 0 Å². The molecule has 1 aromatic carbocycles. The molecule has 1 saturated carbocycles. The van der Waals surface area contributed by atoms with Crippen LogP contribution in [0.15, 0.2) is 12.1 Å². The first-order chi connectivity index (χ1) is 9.99. The van der Waals surface area contributed by atoms with E-state index in [0.717, 1.165) is 11.3 Å². The van der Waals surface area contributed by atoms with Crippen LogP contribution in [0.3, 0.4) is 0 Å². The number of halogens is 1. The van der Waals surface area contributed by atoms with Crippen LogP contribution in [0.25, 0.3) is 10.2 Å². The Morgan fingerprint density at radius 2 is 2.38 bits per heavy atom. The van der Waals surface area contributed by atoms with E-state index in [2.05, 4.69) is 10.3 Å². The van der Waals surface area contributed by atoms with Crippen molar-refractivity contribution in [2.24, 2.45) is 5.92 Å². The molecule has 2 atom stereocenters. The summed E-state index contributed by atoms with van der Waals surface area (Å²) in [7, 11) is 1.40. The maximum atomic E-state index is 13.4. The average molecular weight is 311 g/mol. The van der Waals surface area contributed by atoms with Crippen molar-refractivity contribution in [2.75, 3.05) is 12.4 Å². The van der Waals surface area contributed by atoms with Crippen LogP contribution in [0, 0.1) is 21.8 Å². The highest BCUT2D eigenvalue weighted by molar-refractivity contribution is 7.22.